The first-order valence-electron chi connectivity index (χ1n) is 3.90. The van der Waals surface area contributed by atoms with Gasteiger partial charge in [-0.3, -0.25) is 4.98 Å². The van der Waals surface area contributed by atoms with Gasteiger partial charge < -0.3 is 4.74 Å². The number of carbonyl (C=O) groups is 1. The van der Waals surface area contributed by atoms with Crippen molar-refractivity contribution in [3.05, 3.63) is 27.5 Å². The van der Waals surface area contributed by atoms with Gasteiger partial charge >= 0.3 is 5.97 Å². The largest absolute Gasteiger partial charge is 0.465 e. The molecule has 0 atom stereocenters. The second-order valence-electron chi connectivity index (χ2n) is 2.68. The van der Waals surface area contributed by atoms with Crippen LogP contribution in [0, 0.1) is 6.92 Å². The van der Waals surface area contributed by atoms with Crippen LogP contribution in [0.5, 0.6) is 0 Å². The smallest absolute Gasteiger partial charge is 0.339 e. The van der Waals surface area contributed by atoms with Gasteiger partial charge in [0.05, 0.1) is 24.1 Å². The Hall–Kier alpha value is -0.170. The van der Waals surface area contributed by atoms with Crippen molar-refractivity contribution >= 4 is 44.5 Å². The molecule has 0 aliphatic rings. The molecule has 0 aliphatic heterocycles. The number of aromatic nitrogens is 1. The van der Waals surface area contributed by atoms with Gasteiger partial charge in [0.15, 0.2) is 0 Å². The van der Waals surface area contributed by atoms with Gasteiger partial charge in [-0.15, -0.1) is 0 Å². The first-order valence-corrected chi connectivity index (χ1v) is 6.22. The third-order valence-corrected chi connectivity index (χ3v) is 3.29. The van der Waals surface area contributed by atoms with Gasteiger partial charge in [-0.1, -0.05) is 22.6 Å². The number of carbonyl (C=O) groups excluding carboxylic acids is 1. The average Bonchev–Trinajstić information content (AvgIpc) is 2.20. The molecule has 0 bridgehead atoms. The van der Waals surface area contributed by atoms with Crippen molar-refractivity contribution in [2.24, 2.45) is 0 Å². The van der Waals surface area contributed by atoms with Gasteiger partial charge in [-0.05, 0) is 28.9 Å². The molecule has 1 heterocycles. The molecule has 0 saturated heterocycles. The zero-order chi connectivity index (χ0) is 10.7. The number of nitrogens with zero attached hydrogens (tertiary/aromatic N) is 1. The molecule has 3 nitrogen and oxygen atoms in total. The van der Waals surface area contributed by atoms with Crippen molar-refractivity contribution in [2.45, 2.75) is 11.4 Å². The topological polar surface area (TPSA) is 39.2 Å². The number of esters is 1. The molecule has 1 aromatic rings. The Balaban J connectivity index is 3.27. The van der Waals surface area contributed by atoms with E-state index in [0.717, 1.165) is 15.9 Å². The molecule has 14 heavy (non-hydrogen) atoms. The van der Waals surface area contributed by atoms with Crippen molar-refractivity contribution in [1.29, 1.82) is 0 Å². The van der Waals surface area contributed by atoms with Crippen LogP contribution in [0.3, 0.4) is 0 Å². The summed E-state index contributed by atoms with van der Waals surface area (Å²) in [5.41, 5.74) is 2.17. The summed E-state index contributed by atoms with van der Waals surface area (Å²) in [6.45, 7) is 1.89. The summed E-state index contributed by atoms with van der Waals surface area (Å²) in [4.78, 5) is 15.7. The molecule has 5 heteroatoms. The van der Waals surface area contributed by atoms with E-state index in [2.05, 4.69) is 48.2 Å². The Morgan fingerprint density at radius 1 is 1.71 bits per heavy atom. The summed E-state index contributed by atoms with van der Waals surface area (Å²) >= 11 is 5.51. The number of alkyl halides is 1. The molecule has 0 fully saturated rings. The van der Waals surface area contributed by atoms with Gasteiger partial charge in [0, 0.05) is 8.90 Å². The molecule has 0 saturated carbocycles. The van der Waals surface area contributed by atoms with E-state index in [0.29, 0.717) is 9.99 Å². The van der Waals surface area contributed by atoms with Gasteiger partial charge in [-0.25, -0.2) is 4.79 Å². The minimum Gasteiger partial charge on any atom is -0.465 e. The Bertz CT molecular complexity index is 368. The molecule has 1 aromatic heterocycles. The molecule has 0 radical (unpaired) electrons. The minimum atomic E-state index is -0.343. The van der Waals surface area contributed by atoms with Gasteiger partial charge in [-0.2, -0.15) is 0 Å². The molecule has 0 spiro atoms. The molecule has 0 aliphatic carbocycles. The van der Waals surface area contributed by atoms with Crippen LogP contribution in [-0.2, 0) is 9.16 Å². The Morgan fingerprint density at radius 2 is 2.36 bits per heavy atom. The monoisotopic (exact) mass is 369 g/mol. The SMILES string of the molecule is COC(=O)c1cc(Br)c(C)nc1CI. The fourth-order valence-electron chi connectivity index (χ4n) is 1.02. The van der Waals surface area contributed by atoms with E-state index in [9.17, 15) is 4.79 Å². The Labute approximate surface area is 105 Å². The quantitative estimate of drug-likeness (QED) is 0.457. The van der Waals surface area contributed by atoms with E-state index < -0.39 is 0 Å². The lowest BCUT2D eigenvalue weighted by Crippen LogP contribution is -2.07. The number of rotatable bonds is 2. The van der Waals surface area contributed by atoms with Crippen molar-refractivity contribution in [1.82, 2.24) is 4.98 Å². The molecular weight excluding hydrogens is 361 g/mol. The van der Waals surface area contributed by atoms with Crippen molar-refractivity contribution < 1.29 is 9.53 Å². The van der Waals surface area contributed by atoms with Crippen molar-refractivity contribution in [2.75, 3.05) is 7.11 Å². The summed E-state index contributed by atoms with van der Waals surface area (Å²) < 4.78 is 6.19. The molecule has 0 N–H and O–H groups in total. The van der Waals surface area contributed by atoms with Gasteiger partial charge in [0.2, 0.25) is 0 Å². The molecule has 76 valence electrons. The van der Waals surface area contributed by atoms with Crippen LogP contribution in [0.2, 0.25) is 0 Å². The minimum absolute atomic E-state index is 0.343. The van der Waals surface area contributed by atoms with E-state index in [4.69, 9.17) is 0 Å². The van der Waals surface area contributed by atoms with Crippen LogP contribution in [0.25, 0.3) is 0 Å². The first-order chi connectivity index (χ1) is 6.60. The second kappa shape index (κ2) is 5.06. The second-order valence-corrected chi connectivity index (χ2v) is 4.29. The van der Waals surface area contributed by atoms with Crippen LogP contribution in [-0.4, -0.2) is 18.1 Å². The number of hydrogen-bond donors (Lipinski definition) is 0. The zero-order valence-corrected chi connectivity index (χ0v) is 11.5. The van der Waals surface area contributed by atoms with Crippen LogP contribution in [0.15, 0.2) is 10.5 Å². The van der Waals surface area contributed by atoms with Crippen molar-refractivity contribution in [3.63, 3.8) is 0 Å². The Morgan fingerprint density at radius 3 is 2.86 bits per heavy atom. The lowest BCUT2D eigenvalue weighted by Gasteiger charge is -2.07. The highest BCUT2D eigenvalue weighted by Crippen LogP contribution is 2.20. The summed E-state index contributed by atoms with van der Waals surface area (Å²) in [5, 5.41) is 0. The maximum absolute atomic E-state index is 11.4. The lowest BCUT2D eigenvalue weighted by molar-refractivity contribution is 0.0599. The molecule has 0 amide bonds. The summed E-state index contributed by atoms with van der Waals surface area (Å²) in [6.07, 6.45) is 0. The maximum atomic E-state index is 11.4. The van der Waals surface area contributed by atoms with Crippen LogP contribution < -0.4 is 0 Å². The predicted molar refractivity (Wildman–Crippen MR) is 65.7 cm³/mol. The number of hydrogen-bond acceptors (Lipinski definition) is 3. The van der Waals surface area contributed by atoms with Gasteiger partial charge in [0.25, 0.3) is 0 Å². The fraction of sp³-hybridized carbons (Fsp3) is 0.333. The third kappa shape index (κ3) is 2.44. The zero-order valence-electron chi connectivity index (χ0n) is 7.80. The highest BCUT2D eigenvalue weighted by Gasteiger charge is 2.14. The molecule has 0 unspecified atom stereocenters. The van der Waals surface area contributed by atoms with E-state index in [1.807, 2.05) is 6.92 Å². The number of aryl methyl sites for hydroxylation is 1. The van der Waals surface area contributed by atoms with E-state index in [-0.39, 0.29) is 5.97 Å². The summed E-state index contributed by atoms with van der Waals surface area (Å²) in [6, 6.07) is 1.75. The number of pyridine rings is 1. The predicted octanol–water partition coefficient (Wildman–Crippen LogP) is 2.87. The lowest BCUT2D eigenvalue weighted by atomic mass is 10.2. The normalized spacial score (nSPS) is 10.0. The summed E-state index contributed by atoms with van der Waals surface area (Å²) in [5.74, 6) is -0.343. The molecule has 1 rings (SSSR count). The van der Waals surface area contributed by atoms with Crippen LogP contribution in [0.4, 0.5) is 0 Å². The van der Waals surface area contributed by atoms with Crippen LogP contribution in [0.1, 0.15) is 21.7 Å². The molecular formula is C9H9BrINO2. The van der Waals surface area contributed by atoms with E-state index in [1.54, 1.807) is 6.07 Å². The van der Waals surface area contributed by atoms with Crippen LogP contribution >= 0.6 is 38.5 Å². The Kier molecular flexibility index (Phi) is 4.31. The van der Waals surface area contributed by atoms with Gasteiger partial charge in [0.1, 0.15) is 0 Å². The fourth-order valence-corrected chi connectivity index (χ4v) is 1.92. The van der Waals surface area contributed by atoms with Crippen molar-refractivity contribution in [3.8, 4) is 0 Å². The third-order valence-electron chi connectivity index (χ3n) is 1.76. The van der Waals surface area contributed by atoms with E-state index >= 15 is 0 Å². The number of ether oxygens (including phenoxy) is 1. The maximum Gasteiger partial charge on any atom is 0.339 e. The standard InChI is InChI=1S/C9H9BrINO2/c1-5-7(10)3-6(9(13)14-2)8(4-11)12-5/h3H,4H2,1-2H3. The highest BCUT2D eigenvalue weighted by atomic mass is 127. The molecule has 0 aromatic carbocycles. The summed E-state index contributed by atoms with van der Waals surface area (Å²) in [7, 11) is 1.37. The number of methoxy groups -OCH3 is 1. The number of halogens is 2. The first kappa shape index (κ1) is 11.9. The highest BCUT2D eigenvalue weighted by molar-refractivity contribution is 14.1. The average molecular weight is 370 g/mol. The van der Waals surface area contributed by atoms with E-state index in [1.165, 1.54) is 7.11 Å².